The van der Waals surface area contributed by atoms with Crippen LogP contribution in [0.3, 0.4) is 0 Å². The lowest BCUT2D eigenvalue weighted by Gasteiger charge is -2.40. The molecule has 2 saturated carbocycles. The first-order valence-electron chi connectivity index (χ1n) is 6.28. The predicted molar refractivity (Wildman–Crippen MR) is 68.1 cm³/mol. The summed E-state index contributed by atoms with van der Waals surface area (Å²) in [5.41, 5.74) is 0.846. The van der Waals surface area contributed by atoms with Gasteiger partial charge >= 0.3 is 0 Å². The molecule has 0 aliphatic heterocycles. The van der Waals surface area contributed by atoms with Gasteiger partial charge in [0.15, 0.2) is 0 Å². The topological polar surface area (TPSA) is 29.1 Å². The Morgan fingerprint density at radius 2 is 1.88 bits per heavy atom. The SMILES string of the molecule is O=C(NC1CC1)C1(c2ccc(Cl)cc2)CCC1. The van der Waals surface area contributed by atoms with Gasteiger partial charge < -0.3 is 5.32 Å². The molecule has 0 bridgehead atoms. The number of rotatable bonds is 3. The van der Waals surface area contributed by atoms with Crippen molar-refractivity contribution in [2.75, 3.05) is 0 Å². The Bertz CT molecular complexity index is 432. The number of carbonyl (C=O) groups is 1. The summed E-state index contributed by atoms with van der Waals surface area (Å²) in [5.74, 6) is 0.216. The third-order valence-electron chi connectivity index (χ3n) is 3.95. The van der Waals surface area contributed by atoms with Gasteiger partial charge in [-0.3, -0.25) is 4.79 Å². The van der Waals surface area contributed by atoms with Crippen LogP contribution in [0.4, 0.5) is 0 Å². The average molecular weight is 250 g/mol. The summed E-state index contributed by atoms with van der Waals surface area (Å²) in [5, 5.41) is 3.87. The van der Waals surface area contributed by atoms with Crippen molar-refractivity contribution in [1.29, 1.82) is 0 Å². The smallest absolute Gasteiger partial charge is 0.230 e. The number of halogens is 1. The van der Waals surface area contributed by atoms with E-state index in [2.05, 4.69) is 5.32 Å². The maximum absolute atomic E-state index is 12.3. The van der Waals surface area contributed by atoms with Gasteiger partial charge in [0, 0.05) is 11.1 Å². The minimum absolute atomic E-state index is 0.216. The van der Waals surface area contributed by atoms with Gasteiger partial charge in [-0.05, 0) is 43.4 Å². The third-order valence-corrected chi connectivity index (χ3v) is 4.20. The third kappa shape index (κ3) is 1.95. The van der Waals surface area contributed by atoms with Crippen molar-refractivity contribution >= 4 is 17.5 Å². The summed E-state index contributed by atoms with van der Waals surface area (Å²) in [7, 11) is 0. The molecule has 90 valence electrons. The van der Waals surface area contributed by atoms with Crippen LogP contribution in [0.2, 0.25) is 5.02 Å². The molecule has 0 atom stereocenters. The monoisotopic (exact) mass is 249 g/mol. The normalized spacial score (nSPS) is 21.7. The quantitative estimate of drug-likeness (QED) is 0.877. The second-order valence-electron chi connectivity index (χ2n) is 5.19. The summed E-state index contributed by atoms with van der Waals surface area (Å²) in [6, 6.07) is 8.18. The first-order chi connectivity index (χ1) is 8.21. The van der Waals surface area contributed by atoms with E-state index >= 15 is 0 Å². The number of hydrogen-bond acceptors (Lipinski definition) is 1. The fourth-order valence-electron chi connectivity index (χ4n) is 2.50. The number of amides is 1. The molecule has 1 aromatic rings. The number of nitrogens with one attached hydrogen (secondary N) is 1. The van der Waals surface area contributed by atoms with Crippen molar-refractivity contribution in [3.05, 3.63) is 34.9 Å². The van der Waals surface area contributed by atoms with E-state index in [0.29, 0.717) is 6.04 Å². The minimum atomic E-state index is -0.271. The lowest BCUT2D eigenvalue weighted by Crippen LogP contribution is -2.49. The van der Waals surface area contributed by atoms with Crippen molar-refractivity contribution in [2.24, 2.45) is 0 Å². The van der Waals surface area contributed by atoms with Crippen LogP contribution in [0, 0.1) is 0 Å². The maximum atomic E-state index is 12.3. The molecule has 0 unspecified atom stereocenters. The molecule has 0 heterocycles. The Morgan fingerprint density at radius 3 is 2.35 bits per heavy atom. The fourth-order valence-corrected chi connectivity index (χ4v) is 2.62. The standard InChI is InChI=1S/C14H16ClNO/c15-11-4-2-10(3-5-11)14(8-1-9-14)13(17)16-12-6-7-12/h2-5,12H,1,6-9H2,(H,16,17). The molecule has 0 spiro atoms. The number of benzene rings is 1. The zero-order chi connectivity index (χ0) is 11.9. The lowest BCUT2D eigenvalue weighted by atomic mass is 9.64. The van der Waals surface area contributed by atoms with Crippen LogP contribution in [0.1, 0.15) is 37.7 Å². The van der Waals surface area contributed by atoms with Gasteiger partial charge in [0.1, 0.15) is 0 Å². The molecule has 0 radical (unpaired) electrons. The highest BCUT2D eigenvalue weighted by molar-refractivity contribution is 6.30. The predicted octanol–water partition coefficient (Wildman–Crippen LogP) is 3.04. The second-order valence-corrected chi connectivity index (χ2v) is 5.63. The Morgan fingerprint density at radius 1 is 1.24 bits per heavy atom. The molecule has 2 fully saturated rings. The van der Waals surface area contributed by atoms with Crippen LogP contribution in [-0.2, 0) is 10.2 Å². The van der Waals surface area contributed by atoms with E-state index in [1.165, 1.54) is 0 Å². The fraction of sp³-hybridized carbons (Fsp3) is 0.500. The van der Waals surface area contributed by atoms with Gasteiger partial charge in [0.25, 0.3) is 0 Å². The van der Waals surface area contributed by atoms with Crippen molar-refractivity contribution in [1.82, 2.24) is 5.32 Å². The summed E-state index contributed by atoms with van der Waals surface area (Å²) in [4.78, 5) is 12.3. The Kier molecular flexibility index (Phi) is 2.62. The Balaban J connectivity index is 1.85. The lowest BCUT2D eigenvalue weighted by molar-refractivity contribution is -0.130. The van der Waals surface area contributed by atoms with Gasteiger partial charge in [0.05, 0.1) is 5.41 Å². The molecule has 0 aromatic heterocycles. The zero-order valence-electron chi connectivity index (χ0n) is 9.71. The van der Waals surface area contributed by atoms with Crippen LogP contribution in [0.25, 0.3) is 0 Å². The van der Waals surface area contributed by atoms with Crippen LogP contribution in [0.5, 0.6) is 0 Å². The van der Waals surface area contributed by atoms with Gasteiger partial charge in [-0.25, -0.2) is 0 Å². The number of hydrogen-bond donors (Lipinski definition) is 1. The molecule has 0 saturated heterocycles. The van der Waals surface area contributed by atoms with Crippen LogP contribution >= 0.6 is 11.6 Å². The van der Waals surface area contributed by atoms with Crippen LogP contribution < -0.4 is 5.32 Å². The van der Waals surface area contributed by atoms with Crippen molar-refractivity contribution in [3.63, 3.8) is 0 Å². The van der Waals surface area contributed by atoms with Gasteiger partial charge in [-0.1, -0.05) is 30.2 Å². The second kappa shape index (κ2) is 4.02. The van der Waals surface area contributed by atoms with E-state index in [1.807, 2.05) is 24.3 Å². The largest absolute Gasteiger partial charge is 0.353 e. The minimum Gasteiger partial charge on any atom is -0.353 e. The summed E-state index contributed by atoms with van der Waals surface area (Å²) >= 11 is 5.90. The molecular formula is C14H16ClNO. The van der Waals surface area contributed by atoms with Gasteiger partial charge in [0.2, 0.25) is 5.91 Å². The first kappa shape index (κ1) is 11.1. The first-order valence-corrected chi connectivity index (χ1v) is 6.65. The van der Waals surface area contributed by atoms with E-state index in [-0.39, 0.29) is 11.3 Å². The Hall–Kier alpha value is -1.02. The molecule has 1 aromatic carbocycles. The van der Waals surface area contributed by atoms with Crippen molar-refractivity contribution in [3.8, 4) is 0 Å². The Labute approximate surface area is 106 Å². The molecular weight excluding hydrogens is 234 g/mol. The molecule has 2 aliphatic carbocycles. The molecule has 2 nitrogen and oxygen atoms in total. The molecule has 3 heteroatoms. The highest BCUT2D eigenvalue weighted by atomic mass is 35.5. The molecule has 1 amide bonds. The van der Waals surface area contributed by atoms with E-state index in [4.69, 9.17) is 11.6 Å². The number of carbonyl (C=O) groups excluding carboxylic acids is 1. The zero-order valence-corrected chi connectivity index (χ0v) is 10.5. The van der Waals surface area contributed by atoms with Crippen LogP contribution in [-0.4, -0.2) is 11.9 Å². The van der Waals surface area contributed by atoms with E-state index < -0.39 is 0 Å². The van der Waals surface area contributed by atoms with Gasteiger partial charge in [-0.15, -0.1) is 0 Å². The highest BCUT2D eigenvalue weighted by Crippen LogP contribution is 2.44. The van der Waals surface area contributed by atoms with Crippen LogP contribution in [0.15, 0.2) is 24.3 Å². The average Bonchev–Trinajstić information content (AvgIpc) is 3.03. The van der Waals surface area contributed by atoms with E-state index in [0.717, 1.165) is 42.7 Å². The maximum Gasteiger partial charge on any atom is 0.230 e. The molecule has 2 aliphatic rings. The van der Waals surface area contributed by atoms with E-state index in [9.17, 15) is 4.79 Å². The van der Waals surface area contributed by atoms with E-state index in [1.54, 1.807) is 0 Å². The molecule has 17 heavy (non-hydrogen) atoms. The van der Waals surface area contributed by atoms with Crippen molar-refractivity contribution in [2.45, 2.75) is 43.6 Å². The van der Waals surface area contributed by atoms with Gasteiger partial charge in [-0.2, -0.15) is 0 Å². The summed E-state index contributed by atoms with van der Waals surface area (Å²) in [6.07, 6.45) is 5.35. The summed E-state index contributed by atoms with van der Waals surface area (Å²) in [6.45, 7) is 0. The molecule has 1 N–H and O–H groups in total. The van der Waals surface area contributed by atoms with Crippen molar-refractivity contribution < 1.29 is 4.79 Å². The summed E-state index contributed by atoms with van der Waals surface area (Å²) < 4.78 is 0. The molecule has 3 rings (SSSR count). The highest BCUT2D eigenvalue weighted by Gasteiger charge is 2.46.